The van der Waals surface area contributed by atoms with Crippen LogP contribution in [0.2, 0.25) is 0 Å². The fraction of sp³-hybridized carbons (Fsp3) is 0.353. The van der Waals surface area contributed by atoms with Crippen molar-refractivity contribution in [3.63, 3.8) is 0 Å². The van der Waals surface area contributed by atoms with E-state index in [0.29, 0.717) is 6.54 Å². The second-order valence-electron chi connectivity index (χ2n) is 5.81. The molecule has 0 spiro atoms. The van der Waals surface area contributed by atoms with E-state index in [1.807, 2.05) is 36.1 Å². The Labute approximate surface area is 134 Å². The van der Waals surface area contributed by atoms with Crippen molar-refractivity contribution >= 4 is 5.91 Å². The molecule has 2 heterocycles. The highest BCUT2D eigenvalue weighted by Crippen LogP contribution is 2.17. The van der Waals surface area contributed by atoms with Gasteiger partial charge in [-0.2, -0.15) is 5.10 Å². The summed E-state index contributed by atoms with van der Waals surface area (Å²) in [5, 5.41) is 7.40. The van der Waals surface area contributed by atoms with Crippen molar-refractivity contribution in [1.29, 1.82) is 0 Å². The lowest BCUT2D eigenvalue weighted by Gasteiger charge is -2.31. The van der Waals surface area contributed by atoms with Gasteiger partial charge in [-0.25, -0.2) is 4.68 Å². The predicted molar refractivity (Wildman–Crippen MR) is 87.8 cm³/mol. The van der Waals surface area contributed by atoms with Crippen LogP contribution >= 0.6 is 0 Å². The molecule has 2 aromatic rings. The van der Waals surface area contributed by atoms with Crippen LogP contribution in [0, 0.1) is 0 Å². The molecule has 0 radical (unpaired) electrons. The third kappa shape index (κ3) is 3.32. The molecule has 1 atom stereocenters. The number of nitrogens with one attached hydrogen (secondary N) is 1. The molecule has 1 aromatic heterocycles. The summed E-state index contributed by atoms with van der Waals surface area (Å²) in [5.74, 6) is 0.139. The van der Waals surface area contributed by atoms with Gasteiger partial charge in [-0.3, -0.25) is 9.59 Å². The largest absolute Gasteiger partial charge is 0.336 e. The molecule has 23 heavy (non-hydrogen) atoms. The Morgan fingerprint density at radius 3 is 2.61 bits per heavy atom. The van der Waals surface area contributed by atoms with Crippen LogP contribution in [-0.4, -0.2) is 39.7 Å². The van der Waals surface area contributed by atoms with Crippen molar-refractivity contribution in [3.8, 4) is 11.3 Å². The highest BCUT2D eigenvalue weighted by atomic mass is 16.2. The number of hydrogen-bond acceptors (Lipinski definition) is 4. The van der Waals surface area contributed by atoms with Gasteiger partial charge in [0.25, 0.3) is 5.56 Å². The van der Waals surface area contributed by atoms with E-state index in [9.17, 15) is 9.59 Å². The van der Waals surface area contributed by atoms with Gasteiger partial charge in [0.1, 0.15) is 0 Å². The van der Waals surface area contributed by atoms with E-state index in [1.54, 1.807) is 13.1 Å². The maximum absolute atomic E-state index is 12.1. The number of benzene rings is 1. The van der Waals surface area contributed by atoms with Gasteiger partial charge in [0.15, 0.2) is 0 Å². The Kier molecular flexibility index (Phi) is 4.25. The molecule has 1 aromatic carbocycles. The number of aryl methyl sites for hydroxylation is 1. The first-order valence-electron chi connectivity index (χ1n) is 7.70. The molecule has 1 saturated heterocycles. The molecule has 0 saturated carbocycles. The summed E-state index contributed by atoms with van der Waals surface area (Å²) in [5.41, 5.74) is 2.66. The van der Waals surface area contributed by atoms with Gasteiger partial charge < -0.3 is 10.2 Å². The van der Waals surface area contributed by atoms with E-state index in [4.69, 9.17) is 0 Å². The van der Waals surface area contributed by atoms with Gasteiger partial charge in [-0.15, -0.1) is 0 Å². The first-order valence-corrected chi connectivity index (χ1v) is 7.70. The molecule has 1 fully saturated rings. The molecular weight excluding hydrogens is 292 g/mol. The van der Waals surface area contributed by atoms with Gasteiger partial charge in [0.05, 0.1) is 11.7 Å². The molecule has 1 aliphatic rings. The molecule has 0 unspecified atom stereocenters. The van der Waals surface area contributed by atoms with Gasteiger partial charge >= 0.3 is 0 Å². The summed E-state index contributed by atoms with van der Waals surface area (Å²) in [6.07, 6.45) is 0. The Hall–Kier alpha value is -2.47. The SMILES string of the molecule is C[C@@H]1NCCN(Cc2ccc(-c3ccc(=O)n(C)n3)cc2)C1=O. The number of carbonyl (C=O) groups excluding carboxylic acids is 1. The lowest BCUT2D eigenvalue weighted by Crippen LogP contribution is -2.53. The number of carbonyl (C=O) groups is 1. The smallest absolute Gasteiger partial charge is 0.266 e. The van der Waals surface area contributed by atoms with Gasteiger partial charge in [0, 0.05) is 38.3 Å². The zero-order valence-corrected chi connectivity index (χ0v) is 13.3. The van der Waals surface area contributed by atoms with Gasteiger partial charge in [0.2, 0.25) is 5.91 Å². The monoisotopic (exact) mass is 312 g/mol. The minimum atomic E-state index is -0.128. The summed E-state index contributed by atoms with van der Waals surface area (Å²) < 4.78 is 1.32. The van der Waals surface area contributed by atoms with Crippen LogP contribution < -0.4 is 10.9 Å². The van der Waals surface area contributed by atoms with Gasteiger partial charge in [-0.1, -0.05) is 24.3 Å². The fourth-order valence-corrected chi connectivity index (χ4v) is 2.70. The molecule has 1 N–H and O–H groups in total. The van der Waals surface area contributed by atoms with Crippen molar-refractivity contribution in [2.24, 2.45) is 7.05 Å². The molecular formula is C17H20N4O2. The van der Waals surface area contributed by atoms with Crippen molar-refractivity contribution in [3.05, 3.63) is 52.3 Å². The average molecular weight is 312 g/mol. The highest BCUT2D eigenvalue weighted by molar-refractivity contribution is 5.82. The van der Waals surface area contributed by atoms with Gasteiger partial charge in [-0.05, 0) is 18.6 Å². The fourth-order valence-electron chi connectivity index (χ4n) is 2.70. The number of rotatable bonds is 3. The number of amides is 1. The van der Waals surface area contributed by atoms with Crippen LogP contribution in [0.4, 0.5) is 0 Å². The van der Waals surface area contributed by atoms with E-state index in [2.05, 4.69) is 10.4 Å². The Balaban J connectivity index is 1.75. The average Bonchev–Trinajstić information content (AvgIpc) is 2.55. The zero-order valence-electron chi connectivity index (χ0n) is 13.3. The lowest BCUT2D eigenvalue weighted by molar-refractivity contribution is -0.135. The zero-order chi connectivity index (χ0) is 16.4. The van der Waals surface area contributed by atoms with E-state index in [0.717, 1.165) is 29.9 Å². The molecule has 3 rings (SSSR count). The Morgan fingerprint density at radius 2 is 1.91 bits per heavy atom. The highest BCUT2D eigenvalue weighted by Gasteiger charge is 2.24. The van der Waals surface area contributed by atoms with Crippen molar-refractivity contribution < 1.29 is 4.79 Å². The summed E-state index contributed by atoms with van der Waals surface area (Å²) in [6, 6.07) is 11.1. The van der Waals surface area contributed by atoms with Crippen LogP contribution in [-0.2, 0) is 18.4 Å². The third-order valence-electron chi connectivity index (χ3n) is 4.10. The molecule has 6 heteroatoms. The maximum Gasteiger partial charge on any atom is 0.266 e. The van der Waals surface area contributed by atoms with E-state index >= 15 is 0 Å². The standard InChI is InChI=1S/C17H20N4O2/c1-12-17(23)21(10-9-18-12)11-13-3-5-14(6-4-13)15-7-8-16(22)20(2)19-15/h3-8,12,18H,9-11H2,1-2H3/t12-/m0/s1. The second-order valence-corrected chi connectivity index (χ2v) is 5.81. The summed E-state index contributed by atoms with van der Waals surface area (Å²) in [4.78, 5) is 25.4. The third-order valence-corrected chi connectivity index (χ3v) is 4.10. The van der Waals surface area contributed by atoms with E-state index in [-0.39, 0.29) is 17.5 Å². The van der Waals surface area contributed by atoms with Crippen LogP contribution in [0.3, 0.4) is 0 Å². The number of nitrogens with zero attached hydrogens (tertiary/aromatic N) is 3. The van der Waals surface area contributed by atoms with E-state index in [1.165, 1.54) is 10.7 Å². The van der Waals surface area contributed by atoms with Crippen LogP contribution in [0.1, 0.15) is 12.5 Å². The first-order chi connectivity index (χ1) is 11.0. The van der Waals surface area contributed by atoms with Crippen LogP contribution in [0.25, 0.3) is 11.3 Å². The summed E-state index contributed by atoms with van der Waals surface area (Å²) in [6.45, 7) is 4.06. The van der Waals surface area contributed by atoms with Crippen LogP contribution in [0.5, 0.6) is 0 Å². The van der Waals surface area contributed by atoms with Crippen molar-refractivity contribution in [2.45, 2.75) is 19.5 Å². The number of aromatic nitrogens is 2. The lowest BCUT2D eigenvalue weighted by atomic mass is 10.1. The second kappa shape index (κ2) is 6.34. The number of piperazine rings is 1. The quantitative estimate of drug-likeness (QED) is 0.909. The Morgan fingerprint density at radius 1 is 1.17 bits per heavy atom. The molecule has 0 aliphatic carbocycles. The summed E-state index contributed by atoms with van der Waals surface area (Å²) >= 11 is 0. The molecule has 120 valence electrons. The number of hydrogen-bond donors (Lipinski definition) is 1. The molecule has 1 aliphatic heterocycles. The molecule has 0 bridgehead atoms. The molecule has 1 amide bonds. The van der Waals surface area contributed by atoms with Crippen LogP contribution in [0.15, 0.2) is 41.2 Å². The van der Waals surface area contributed by atoms with E-state index < -0.39 is 0 Å². The van der Waals surface area contributed by atoms with Crippen molar-refractivity contribution in [1.82, 2.24) is 20.0 Å². The van der Waals surface area contributed by atoms with Crippen molar-refractivity contribution in [2.75, 3.05) is 13.1 Å². The normalized spacial score (nSPS) is 18.3. The first kappa shape index (κ1) is 15.4. The maximum atomic E-state index is 12.1. The minimum Gasteiger partial charge on any atom is -0.336 e. The molecule has 6 nitrogen and oxygen atoms in total. The topological polar surface area (TPSA) is 67.2 Å². The Bertz CT molecular complexity index is 767. The predicted octanol–water partition coefficient (Wildman–Crippen LogP) is 0.768. The summed E-state index contributed by atoms with van der Waals surface area (Å²) in [7, 11) is 1.64. The minimum absolute atomic E-state index is 0.113.